The smallest absolute Gasteiger partial charge is 0.240 e. The number of benzene rings is 1. The summed E-state index contributed by atoms with van der Waals surface area (Å²) >= 11 is 0. The highest BCUT2D eigenvalue weighted by Crippen LogP contribution is 2.12. The van der Waals surface area contributed by atoms with E-state index in [0.29, 0.717) is 31.2 Å². The Hall–Kier alpha value is -2.67. The zero-order chi connectivity index (χ0) is 16.9. The van der Waals surface area contributed by atoms with E-state index < -0.39 is 6.04 Å². The average molecular weight is 328 g/mol. The molecule has 2 N–H and O–H groups in total. The van der Waals surface area contributed by atoms with Crippen molar-refractivity contribution < 1.29 is 14.1 Å². The molecule has 2 aromatic rings. The number of carbonyl (C=O) groups excluding carboxylic acids is 2. The Balaban J connectivity index is 1.57. The second kappa shape index (κ2) is 7.27. The highest BCUT2D eigenvalue weighted by Gasteiger charge is 2.30. The Labute approximate surface area is 140 Å². The summed E-state index contributed by atoms with van der Waals surface area (Å²) in [7, 11) is 0. The van der Waals surface area contributed by atoms with Crippen LogP contribution < -0.4 is 10.6 Å². The van der Waals surface area contributed by atoms with Crippen molar-refractivity contribution in [3.63, 3.8) is 0 Å². The maximum absolute atomic E-state index is 12.6. The third kappa shape index (κ3) is 3.99. The fourth-order valence-electron chi connectivity index (χ4n) is 2.72. The molecule has 0 spiro atoms. The third-order valence-electron chi connectivity index (χ3n) is 3.88. The number of hydrogen-bond donors (Lipinski definition) is 2. The normalized spacial score (nSPS) is 17.8. The van der Waals surface area contributed by atoms with Gasteiger partial charge in [-0.2, -0.15) is 0 Å². The number of aryl methyl sites for hydroxylation is 1. The van der Waals surface area contributed by atoms with Crippen molar-refractivity contribution in [1.29, 1.82) is 0 Å². The van der Waals surface area contributed by atoms with Crippen LogP contribution in [0, 0.1) is 6.92 Å². The van der Waals surface area contributed by atoms with Gasteiger partial charge in [0, 0.05) is 25.7 Å². The lowest BCUT2D eigenvalue weighted by Gasteiger charge is -2.33. The molecule has 0 radical (unpaired) electrons. The van der Waals surface area contributed by atoms with Crippen LogP contribution in [-0.2, 0) is 16.1 Å². The Morgan fingerprint density at radius 2 is 2.21 bits per heavy atom. The zero-order valence-corrected chi connectivity index (χ0v) is 13.5. The second-order valence-corrected chi connectivity index (χ2v) is 5.83. The summed E-state index contributed by atoms with van der Waals surface area (Å²) in [6, 6.07) is 10.9. The minimum atomic E-state index is -0.518. The highest BCUT2D eigenvalue weighted by molar-refractivity contribution is 5.95. The highest BCUT2D eigenvalue weighted by atomic mass is 16.5. The van der Waals surface area contributed by atoms with Crippen LogP contribution in [0.5, 0.6) is 0 Å². The van der Waals surface area contributed by atoms with Gasteiger partial charge in [0.1, 0.15) is 5.76 Å². The quantitative estimate of drug-likeness (QED) is 0.864. The van der Waals surface area contributed by atoms with Crippen molar-refractivity contribution >= 4 is 17.6 Å². The number of aromatic nitrogens is 1. The number of nitrogens with one attached hydrogen (secondary N) is 2. The molecule has 0 aliphatic carbocycles. The molecule has 1 fully saturated rings. The maximum Gasteiger partial charge on any atom is 0.240 e. The molecule has 7 heteroatoms. The van der Waals surface area contributed by atoms with Crippen LogP contribution >= 0.6 is 0 Å². The van der Waals surface area contributed by atoms with E-state index in [0.717, 1.165) is 5.56 Å². The molecule has 0 saturated carbocycles. The van der Waals surface area contributed by atoms with Crippen LogP contribution in [0.25, 0.3) is 0 Å². The molecule has 0 bridgehead atoms. The van der Waals surface area contributed by atoms with Crippen molar-refractivity contribution in [2.75, 3.05) is 18.4 Å². The summed E-state index contributed by atoms with van der Waals surface area (Å²) in [5, 5.41) is 9.47. The van der Waals surface area contributed by atoms with Crippen molar-refractivity contribution in [2.45, 2.75) is 25.9 Å². The van der Waals surface area contributed by atoms with Crippen LogP contribution in [0.3, 0.4) is 0 Å². The van der Waals surface area contributed by atoms with Gasteiger partial charge in [-0.05, 0) is 12.5 Å². The molecule has 1 saturated heterocycles. The summed E-state index contributed by atoms with van der Waals surface area (Å²) in [6.45, 7) is 3.60. The molecule has 1 aromatic carbocycles. The molecule has 126 valence electrons. The fraction of sp³-hybridized carbons (Fsp3) is 0.353. The van der Waals surface area contributed by atoms with Crippen molar-refractivity contribution in [1.82, 2.24) is 15.4 Å². The standard InChI is InChI=1S/C17H20N4O3/c1-12-9-15(20-24-12)19-16(22)10-14-17(23)21(8-7-18-14)11-13-5-3-2-4-6-13/h2-6,9,14,18H,7-8,10-11H2,1H3,(H,19,20,22). The lowest BCUT2D eigenvalue weighted by molar-refractivity contribution is -0.138. The number of piperazine rings is 1. The predicted molar refractivity (Wildman–Crippen MR) is 88.1 cm³/mol. The van der Waals surface area contributed by atoms with Gasteiger partial charge in [-0.3, -0.25) is 9.59 Å². The predicted octanol–water partition coefficient (Wildman–Crippen LogP) is 1.31. The van der Waals surface area contributed by atoms with Gasteiger partial charge in [0.2, 0.25) is 11.8 Å². The number of nitrogens with zero attached hydrogens (tertiary/aromatic N) is 2. The average Bonchev–Trinajstić information content (AvgIpc) is 2.97. The van der Waals surface area contributed by atoms with E-state index in [1.54, 1.807) is 17.9 Å². The van der Waals surface area contributed by atoms with E-state index in [4.69, 9.17) is 4.52 Å². The van der Waals surface area contributed by atoms with Crippen LogP contribution in [0.2, 0.25) is 0 Å². The lowest BCUT2D eigenvalue weighted by Crippen LogP contribution is -2.55. The van der Waals surface area contributed by atoms with E-state index >= 15 is 0 Å². The molecule has 1 unspecified atom stereocenters. The van der Waals surface area contributed by atoms with E-state index in [-0.39, 0.29) is 18.2 Å². The molecule has 2 heterocycles. The first kappa shape index (κ1) is 16.2. The minimum absolute atomic E-state index is 0.0587. The first-order valence-corrected chi connectivity index (χ1v) is 7.91. The van der Waals surface area contributed by atoms with Gasteiger partial charge in [-0.15, -0.1) is 0 Å². The number of hydrogen-bond acceptors (Lipinski definition) is 5. The molecule has 7 nitrogen and oxygen atoms in total. The Morgan fingerprint density at radius 3 is 2.92 bits per heavy atom. The van der Waals surface area contributed by atoms with Gasteiger partial charge in [-0.25, -0.2) is 0 Å². The van der Waals surface area contributed by atoms with E-state index in [2.05, 4.69) is 15.8 Å². The first-order valence-electron chi connectivity index (χ1n) is 7.91. The number of rotatable bonds is 5. The van der Waals surface area contributed by atoms with Crippen molar-refractivity contribution in [3.05, 3.63) is 47.7 Å². The number of amides is 2. The molecule has 3 rings (SSSR count). The maximum atomic E-state index is 12.6. The Bertz CT molecular complexity index is 714. The second-order valence-electron chi connectivity index (χ2n) is 5.83. The molecular formula is C17H20N4O3. The van der Waals surface area contributed by atoms with E-state index in [9.17, 15) is 9.59 Å². The van der Waals surface area contributed by atoms with Gasteiger partial charge >= 0.3 is 0 Å². The van der Waals surface area contributed by atoms with Gasteiger partial charge in [-0.1, -0.05) is 35.5 Å². The Morgan fingerprint density at radius 1 is 1.42 bits per heavy atom. The Kier molecular flexibility index (Phi) is 4.90. The molecule has 24 heavy (non-hydrogen) atoms. The van der Waals surface area contributed by atoms with Gasteiger partial charge in [0.05, 0.1) is 12.5 Å². The first-order chi connectivity index (χ1) is 11.6. The summed E-state index contributed by atoms with van der Waals surface area (Å²) in [4.78, 5) is 26.4. The van der Waals surface area contributed by atoms with Crippen molar-refractivity contribution in [2.24, 2.45) is 0 Å². The van der Waals surface area contributed by atoms with E-state index in [1.807, 2.05) is 30.3 Å². The number of anilines is 1. The minimum Gasteiger partial charge on any atom is -0.360 e. The van der Waals surface area contributed by atoms with Crippen LogP contribution in [0.4, 0.5) is 5.82 Å². The lowest BCUT2D eigenvalue weighted by atomic mass is 10.1. The summed E-state index contributed by atoms with van der Waals surface area (Å²) in [5.41, 5.74) is 1.08. The summed E-state index contributed by atoms with van der Waals surface area (Å²) < 4.78 is 4.90. The topological polar surface area (TPSA) is 87.5 Å². The molecule has 1 aromatic heterocycles. The van der Waals surface area contributed by atoms with Gasteiger partial charge < -0.3 is 20.1 Å². The monoisotopic (exact) mass is 328 g/mol. The third-order valence-corrected chi connectivity index (χ3v) is 3.88. The zero-order valence-electron chi connectivity index (χ0n) is 13.5. The molecular weight excluding hydrogens is 308 g/mol. The van der Waals surface area contributed by atoms with Crippen LogP contribution in [-0.4, -0.2) is 41.0 Å². The van der Waals surface area contributed by atoms with Crippen LogP contribution in [0.1, 0.15) is 17.7 Å². The van der Waals surface area contributed by atoms with Crippen LogP contribution in [0.15, 0.2) is 40.9 Å². The molecule has 1 atom stereocenters. The van der Waals surface area contributed by atoms with Gasteiger partial charge in [0.15, 0.2) is 5.82 Å². The van der Waals surface area contributed by atoms with E-state index in [1.165, 1.54) is 0 Å². The largest absolute Gasteiger partial charge is 0.360 e. The molecule has 1 aliphatic rings. The molecule has 2 amide bonds. The number of carbonyl (C=O) groups is 2. The molecule has 1 aliphatic heterocycles. The van der Waals surface area contributed by atoms with Crippen molar-refractivity contribution in [3.8, 4) is 0 Å². The SMILES string of the molecule is Cc1cc(NC(=O)CC2NCCN(Cc3ccccc3)C2=O)no1. The van der Waals surface area contributed by atoms with Gasteiger partial charge in [0.25, 0.3) is 0 Å². The fourth-order valence-corrected chi connectivity index (χ4v) is 2.72. The summed E-state index contributed by atoms with van der Waals surface area (Å²) in [6.07, 6.45) is 0.0655. The summed E-state index contributed by atoms with van der Waals surface area (Å²) in [5.74, 6) is 0.653.